The average molecular weight is 464 g/mol. The molecule has 0 spiro atoms. The van der Waals surface area contributed by atoms with Crippen molar-refractivity contribution in [2.24, 2.45) is 0 Å². The van der Waals surface area contributed by atoms with Gasteiger partial charge in [0.25, 0.3) is 0 Å². The van der Waals surface area contributed by atoms with Gasteiger partial charge in [0.2, 0.25) is 0 Å². The first-order chi connectivity index (χ1) is 14.5. The maximum atomic E-state index is 13.4. The lowest BCUT2D eigenvalue weighted by Crippen LogP contribution is -2.47. The highest BCUT2D eigenvalue weighted by Crippen LogP contribution is 2.39. The van der Waals surface area contributed by atoms with E-state index in [-0.39, 0.29) is 12.0 Å². The SMILES string of the molecule is Fc1ccc(CN2CCCN(Cc3cccc(Cl)c3)C2c2c(Cl)cccc2Cl)cc1. The highest BCUT2D eigenvalue weighted by Gasteiger charge is 2.33. The maximum Gasteiger partial charge on any atom is 0.123 e. The van der Waals surface area contributed by atoms with E-state index >= 15 is 0 Å². The number of nitrogens with zero attached hydrogens (tertiary/aromatic N) is 2. The molecular weight excluding hydrogens is 442 g/mol. The van der Waals surface area contributed by atoms with Crippen LogP contribution in [0.2, 0.25) is 15.1 Å². The van der Waals surface area contributed by atoms with E-state index in [0.29, 0.717) is 16.6 Å². The summed E-state index contributed by atoms with van der Waals surface area (Å²) in [5, 5.41) is 2.02. The molecule has 0 N–H and O–H groups in total. The van der Waals surface area contributed by atoms with Crippen LogP contribution < -0.4 is 0 Å². The third-order valence-electron chi connectivity index (χ3n) is 5.41. The molecular formula is C24H22Cl3FN2. The Labute approximate surface area is 191 Å². The number of halogens is 4. The molecule has 0 bridgehead atoms. The second kappa shape index (κ2) is 9.67. The lowest BCUT2D eigenvalue weighted by atomic mass is 10.0. The summed E-state index contributed by atoms with van der Waals surface area (Å²) in [4.78, 5) is 4.74. The van der Waals surface area contributed by atoms with E-state index in [9.17, 15) is 4.39 Å². The van der Waals surface area contributed by atoms with E-state index in [1.165, 1.54) is 12.1 Å². The molecule has 3 aromatic carbocycles. The van der Waals surface area contributed by atoms with Crippen molar-refractivity contribution in [2.45, 2.75) is 25.7 Å². The Morgan fingerprint density at radius 1 is 0.767 bits per heavy atom. The first kappa shape index (κ1) is 21.6. The minimum absolute atomic E-state index is 0.0935. The van der Waals surface area contributed by atoms with E-state index < -0.39 is 0 Å². The molecule has 1 aliphatic rings. The summed E-state index contributed by atoms with van der Waals surface area (Å²) >= 11 is 19.5. The van der Waals surface area contributed by atoms with Gasteiger partial charge in [0.1, 0.15) is 5.82 Å². The van der Waals surface area contributed by atoms with Gasteiger partial charge in [-0.1, -0.05) is 65.1 Å². The molecule has 1 aliphatic heterocycles. The first-order valence-electron chi connectivity index (χ1n) is 9.92. The van der Waals surface area contributed by atoms with Crippen molar-refractivity contribution in [1.29, 1.82) is 0 Å². The summed E-state index contributed by atoms with van der Waals surface area (Å²) in [6.45, 7) is 3.22. The quantitative estimate of drug-likeness (QED) is 0.395. The van der Waals surface area contributed by atoms with E-state index in [2.05, 4.69) is 15.9 Å². The number of hydrogen-bond donors (Lipinski definition) is 0. The zero-order valence-corrected chi connectivity index (χ0v) is 18.6. The van der Waals surface area contributed by atoms with Crippen LogP contribution in [0.25, 0.3) is 0 Å². The largest absolute Gasteiger partial charge is 0.280 e. The van der Waals surface area contributed by atoms with Crippen molar-refractivity contribution in [2.75, 3.05) is 13.1 Å². The summed E-state index contributed by atoms with van der Waals surface area (Å²) in [6.07, 6.45) is 0.921. The van der Waals surface area contributed by atoms with E-state index in [1.54, 1.807) is 0 Å². The normalized spacial score (nSPS) is 17.9. The molecule has 4 rings (SSSR count). The minimum atomic E-state index is -0.231. The van der Waals surface area contributed by atoms with Crippen LogP contribution in [-0.4, -0.2) is 22.9 Å². The van der Waals surface area contributed by atoms with Gasteiger partial charge in [0, 0.05) is 46.8 Å². The van der Waals surface area contributed by atoms with Gasteiger partial charge in [-0.25, -0.2) is 4.39 Å². The lowest BCUT2D eigenvalue weighted by Gasteiger charge is -2.45. The minimum Gasteiger partial charge on any atom is -0.280 e. The van der Waals surface area contributed by atoms with Crippen molar-refractivity contribution in [3.63, 3.8) is 0 Å². The standard InChI is InChI=1S/C24H22Cl3FN2/c25-19-5-1-4-18(14-19)16-30-13-3-12-29(15-17-8-10-20(28)11-9-17)24(30)23-21(26)6-2-7-22(23)27/h1-2,4-11,14,24H,3,12-13,15-16H2. The molecule has 0 aromatic heterocycles. The van der Waals surface area contributed by atoms with Gasteiger partial charge in [-0.3, -0.25) is 9.80 Å². The molecule has 2 nitrogen and oxygen atoms in total. The van der Waals surface area contributed by atoms with Crippen LogP contribution in [0.3, 0.4) is 0 Å². The van der Waals surface area contributed by atoms with Crippen LogP contribution in [0.5, 0.6) is 0 Å². The Hall–Kier alpha value is -1.62. The van der Waals surface area contributed by atoms with Gasteiger partial charge in [0.15, 0.2) is 0 Å². The van der Waals surface area contributed by atoms with Crippen molar-refractivity contribution < 1.29 is 4.39 Å². The van der Waals surface area contributed by atoms with Gasteiger partial charge < -0.3 is 0 Å². The van der Waals surface area contributed by atoms with Gasteiger partial charge >= 0.3 is 0 Å². The monoisotopic (exact) mass is 462 g/mol. The van der Waals surface area contributed by atoms with Crippen LogP contribution in [-0.2, 0) is 13.1 Å². The molecule has 156 valence electrons. The molecule has 0 saturated carbocycles. The Balaban J connectivity index is 1.70. The third kappa shape index (κ3) is 4.99. The summed E-state index contributed by atoms with van der Waals surface area (Å²) < 4.78 is 13.4. The fraction of sp³-hybridized carbons (Fsp3) is 0.250. The molecule has 1 unspecified atom stereocenters. The summed E-state index contributed by atoms with van der Waals surface area (Å²) in [5.41, 5.74) is 3.10. The highest BCUT2D eigenvalue weighted by molar-refractivity contribution is 6.36. The van der Waals surface area contributed by atoms with Crippen LogP contribution in [0, 0.1) is 5.82 Å². The fourth-order valence-corrected chi connectivity index (χ4v) is 4.91. The lowest BCUT2D eigenvalue weighted by molar-refractivity contribution is -0.00897. The summed E-state index contributed by atoms with van der Waals surface area (Å²) in [6, 6.07) is 20.2. The van der Waals surface area contributed by atoms with Gasteiger partial charge in [-0.05, 0) is 53.9 Å². The molecule has 1 heterocycles. The van der Waals surface area contributed by atoms with E-state index in [0.717, 1.165) is 47.8 Å². The van der Waals surface area contributed by atoms with Gasteiger partial charge in [-0.15, -0.1) is 0 Å². The summed E-state index contributed by atoms with van der Waals surface area (Å²) in [5.74, 6) is -0.231. The Bertz CT molecular complexity index is 989. The van der Waals surface area contributed by atoms with Crippen molar-refractivity contribution in [3.8, 4) is 0 Å². The molecule has 3 aromatic rings. The molecule has 0 amide bonds. The van der Waals surface area contributed by atoms with E-state index in [4.69, 9.17) is 34.8 Å². The smallest absolute Gasteiger partial charge is 0.123 e. The number of benzene rings is 3. The Kier molecular flexibility index (Phi) is 6.97. The molecule has 0 radical (unpaired) electrons. The fourth-order valence-electron chi connectivity index (χ4n) is 4.10. The second-order valence-corrected chi connectivity index (χ2v) is 8.81. The zero-order chi connectivity index (χ0) is 21.1. The molecule has 1 saturated heterocycles. The van der Waals surface area contributed by atoms with Crippen LogP contribution in [0.1, 0.15) is 29.3 Å². The first-order valence-corrected chi connectivity index (χ1v) is 11.1. The average Bonchev–Trinajstić information content (AvgIpc) is 2.71. The molecule has 1 atom stereocenters. The van der Waals surface area contributed by atoms with Gasteiger partial charge in [-0.2, -0.15) is 0 Å². The Morgan fingerprint density at radius 3 is 2.00 bits per heavy atom. The predicted molar refractivity (Wildman–Crippen MR) is 122 cm³/mol. The second-order valence-electron chi connectivity index (χ2n) is 7.56. The van der Waals surface area contributed by atoms with Crippen LogP contribution in [0.15, 0.2) is 66.7 Å². The Morgan fingerprint density at radius 2 is 1.37 bits per heavy atom. The topological polar surface area (TPSA) is 6.48 Å². The van der Waals surface area contributed by atoms with E-state index in [1.807, 2.05) is 48.5 Å². The van der Waals surface area contributed by atoms with Gasteiger partial charge in [0.05, 0.1) is 6.17 Å². The molecule has 0 aliphatic carbocycles. The summed E-state index contributed by atoms with van der Waals surface area (Å²) in [7, 11) is 0. The molecule has 6 heteroatoms. The third-order valence-corrected chi connectivity index (χ3v) is 6.31. The number of rotatable bonds is 5. The highest BCUT2D eigenvalue weighted by atomic mass is 35.5. The zero-order valence-electron chi connectivity index (χ0n) is 16.4. The van der Waals surface area contributed by atoms with Crippen LogP contribution >= 0.6 is 34.8 Å². The number of hydrogen-bond acceptors (Lipinski definition) is 2. The van der Waals surface area contributed by atoms with Crippen molar-refractivity contribution in [3.05, 3.63) is 104 Å². The van der Waals surface area contributed by atoms with Crippen molar-refractivity contribution >= 4 is 34.8 Å². The molecule has 30 heavy (non-hydrogen) atoms. The predicted octanol–water partition coefficient (Wildman–Crippen LogP) is 7.19. The van der Waals surface area contributed by atoms with Crippen molar-refractivity contribution in [1.82, 2.24) is 9.80 Å². The maximum absolute atomic E-state index is 13.4. The van der Waals surface area contributed by atoms with Crippen LogP contribution in [0.4, 0.5) is 4.39 Å². The molecule has 1 fully saturated rings.